The molecule has 96 valence electrons. The molecule has 0 unspecified atom stereocenters. The summed E-state index contributed by atoms with van der Waals surface area (Å²) in [6, 6.07) is 7.57. The Kier molecular flexibility index (Phi) is 8.14. The molecule has 0 spiro atoms. The number of carbonyl (C=O) groups excluding carboxylic acids is 2. The largest absolute Gasteiger partial charge is 1.00 e. The van der Waals surface area contributed by atoms with E-state index in [4.69, 9.17) is 0 Å². The summed E-state index contributed by atoms with van der Waals surface area (Å²) in [5.74, 6) is -1.82. The van der Waals surface area contributed by atoms with Gasteiger partial charge in [0.2, 0.25) is 0 Å². The van der Waals surface area contributed by atoms with Gasteiger partial charge in [-0.15, -0.1) is 0 Å². The Morgan fingerprint density at radius 2 is 1.89 bits per heavy atom. The normalized spacial score (nSPS) is 12.0. The van der Waals surface area contributed by atoms with Crippen LogP contribution in [0.15, 0.2) is 42.1 Å². The van der Waals surface area contributed by atoms with Crippen LogP contribution in [0.2, 0.25) is 0 Å². The van der Waals surface area contributed by atoms with E-state index in [-0.39, 0.29) is 29.6 Å². The summed E-state index contributed by atoms with van der Waals surface area (Å²) in [4.78, 5) is 22.1. The van der Waals surface area contributed by atoms with Crippen molar-refractivity contribution in [2.45, 2.75) is 13.0 Å². The number of carbonyl (C=O) groups is 2. The van der Waals surface area contributed by atoms with Crippen LogP contribution in [-0.4, -0.2) is 19.0 Å². The molecule has 1 atom stereocenters. The zero-order chi connectivity index (χ0) is 13.5. The number of ether oxygens (including phenoxy) is 1. The van der Waals surface area contributed by atoms with Gasteiger partial charge in [0.1, 0.15) is 0 Å². The monoisotopic (exact) mass is 271 g/mol. The molecular weight excluding hydrogens is 257 g/mol. The van der Waals surface area contributed by atoms with Gasteiger partial charge in [0.15, 0.2) is 0 Å². The number of aliphatic carboxylic acids is 1. The predicted molar refractivity (Wildman–Crippen MR) is 63.1 cm³/mol. The van der Waals surface area contributed by atoms with Crippen molar-refractivity contribution >= 4 is 11.9 Å². The van der Waals surface area contributed by atoms with Crippen molar-refractivity contribution in [1.29, 1.82) is 0 Å². The Hall–Kier alpha value is -1.30. The molecule has 6 heteroatoms. The van der Waals surface area contributed by atoms with E-state index in [1.54, 1.807) is 37.3 Å². The molecule has 5 nitrogen and oxygen atoms in total. The van der Waals surface area contributed by atoms with Crippen molar-refractivity contribution in [3.63, 3.8) is 0 Å². The summed E-state index contributed by atoms with van der Waals surface area (Å²) in [6.45, 7) is 1.58. The zero-order valence-corrected chi connectivity index (χ0v) is 13.2. The summed E-state index contributed by atoms with van der Waals surface area (Å²) < 4.78 is 4.45. The molecule has 0 fully saturated rings. The summed E-state index contributed by atoms with van der Waals surface area (Å²) in [5.41, 5.74) is 0.940. The number of benzene rings is 1. The van der Waals surface area contributed by atoms with Gasteiger partial charge in [-0.05, 0) is 12.5 Å². The third-order valence-electron chi connectivity index (χ3n) is 2.28. The molecule has 0 saturated heterocycles. The Morgan fingerprint density at radius 3 is 2.37 bits per heavy atom. The molecule has 0 aliphatic heterocycles. The van der Waals surface area contributed by atoms with E-state index in [9.17, 15) is 14.7 Å². The van der Waals surface area contributed by atoms with Gasteiger partial charge in [-0.2, -0.15) is 0 Å². The van der Waals surface area contributed by atoms with E-state index in [0.29, 0.717) is 11.3 Å². The third kappa shape index (κ3) is 5.92. The second kappa shape index (κ2) is 8.74. The minimum Gasteiger partial charge on any atom is -0.548 e. The molecule has 0 bridgehead atoms. The van der Waals surface area contributed by atoms with Gasteiger partial charge in [-0.1, -0.05) is 30.3 Å². The molecule has 19 heavy (non-hydrogen) atoms. The molecule has 0 aromatic heterocycles. The second-order valence-electron chi connectivity index (χ2n) is 3.66. The fourth-order valence-electron chi connectivity index (χ4n) is 1.43. The number of allylic oxidation sites excluding steroid dienone is 1. The first kappa shape index (κ1) is 17.7. The van der Waals surface area contributed by atoms with Crippen LogP contribution in [0, 0.1) is 0 Å². The van der Waals surface area contributed by atoms with E-state index < -0.39 is 18.0 Å². The molecule has 0 saturated carbocycles. The Balaban J connectivity index is 0.00000324. The van der Waals surface area contributed by atoms with E-state index in [1.165, 1.54) is 13.2 Å². The summed E-state index contributed by atoms with van der Waals surface area (Å²) in [7, 11) is 1.25. The van der Waals surface area contributed by atoms with Crippen LogP contribution in [0.5, 0.6) is 0 Å². The maximum Gasteiger partial charge on any atom is 1.00 e. The van der Waals surface area contributed by atoms with E-state index in [1.807, 2.05) is 0 Å². The molecule has 1 aromatic rings. The molecule has 0 aliphatic rings. The first-order valence-corrected chi connectivity index (χ1v) is 5.33. The molecule has 0 heterocycles. The SMILES string of the molecule is COC(=O)C=C(C)N[C@H](C(=O)[O-])c1ccccc1.[Na+]. The molecular formula is C13H14NNaO4. The molecule has 0 amide bonds. The first-order chi connectivity index (χ1) is 8.54. The summed E-state index contributed by atoms with van der Waals surface area (Å²) in [5, 5.41) is 13.8. The minimum absolute atomic E-state index is 0. The van der Waals surface area contributed by atoms with Crippen molar-refractivity contribution in [2.24, 2.45) is 0 Å². The third-order valence-corrected chi connectivity index (χ3v) is 2.28. The predicted octanol–water partition coefficient (Wildman–Crippen LogP) is -2.85. The van der Waals surface area contributed by atoms with Crippen LogP contribution in [0.25, 0.3) is 0 Å². The number of hydrogen-bond donors (Lipinski definition) is 1. The van der Waals surface area contributed by atoms with Gasteiger partial charge in [-0.25, -0.2) is 4.79 Å². The average molecular weight is 271 g/mol. The standard InChI is InChI=1S/C13H15NO4.Na/c1-9(8-11(15)18-2)14-12(13(16)17)10-6-4-3-5-7-10;/h3-8,12,14H,1-2H3,(H,16,17);/q;+1/p-1/t12-;/m0./s1. The number of hydrogen-bond acceptors (Lipinski definition) is 5. The van der Waals surface area contributed by atoms with Crippen LogP contribution < -0.4 is 40.0 Å². The van der Waals surface area contributed by atoms with Gasteiger partial charge in [0, 0.05) is 11.8 Å². The maximum atomic E-state index is 11.1. The molecule has 1 N–H and O–H groups in total. The van der Waals surface area contributed by atoms with Crippen LogP contribution >= 0.6 is 0 Å². The van der Waals surface area contributed by atoms with Gasteiger partial charge >= 0.3 is 35.5 Å². The fourth-order valence-corrected chi connectivity index (χ4v) is 1.43. The van der Waals surface area contributed by atoms with Crippen LogP contribution in [0.4, 0.5) is 0 Å². The Bertz CT molecular complexity index is 459. The van der Waals surface area contributed by atoms with Gasteiger partial charge in [0.05, 0.1) is 19.1 Å². The van der Waals surface area contributed by atoms with Crippen molar-refractivity contribution in [3.8, 4) is 0 Å². The molecule has 0 radical (unpaired) electrons. The van der Waals surface area contributed by atoms with Crippen molar-refractivity contribution in [1.82, 2.24) is 5.32 Å². The number of carboxylic acids is 1. The number of esters is 1. The molecule has 1 rings (SSSR count). The number of rotatable bonds is 5. The number of carboxylic acid groups (broad SMARTS) is 1. The average Bonchev–Trinajstić information content (AvgIpc) is 2.36. The van der Waals surface area contributed by atoms with Crippen LogP contribution in [0.3, 0.4) is 0 Å². The molecule has 1 aromatic carbocycles. The Labute approximate surface area is 133 Å². The number of methoxy groups -OCH3 is 1. The van der Waals surface area contributed by atoms with Gasteiger partial charge in [-0.3, -0.25) is 0 Å². The summed E-state index contributed by atoms with van der Waals surface area (Å²) >= 11 is 0. The smallest absolute Gasteiger partial charge is 0.548 e. The van der Waals surface area contributed by atoms with Crippen LogP contribution in [0.1, 0.15) is 18.5 Å². The van der Waals surface area contributed by atoms with E-state index in [0.717, 1.165) is 0 Å². The zero-order valence-electron chi connectivity index (χ0n) is 11.2. The topological polar surface area (TPSA) is 78.5 Å². The van der Waals surface area contributed by atoms with Crippen molar-refractivity contribution in [2.75, 3.05) is 7.11 Å². The molecule has 0 aliphatic carbocycles. The van der Waals surface area contributed by atoms with E-state index in [2.05, 4.69) is 10.1 Å². The number of nitrogens with one attached hydrogen (secondary N) is 1. The fraction of sp³-hybridized carbons (Fsp3) is 0.231. The van der Waals surface area contributed by atoms with Gasteiger partial charge < -0.3 is 20.0 Å². The van der Waals surface area contributed by atoms with E-state index >= 15 is 0 Å². The first-order valence-electron chi connectivity index (χ1n) is 5.33. The van der Waals surface area contributed by atoms with Crippen molar-refractivity contribution < 1.29 is 49.0 Å². The van der Waals surface area contributed by atoms with Gasteiger partial charge in [0.25, 0.3) is 0 Å². The Morgan fingerprint density at radius 1 is 1.32 bits per heavy atom. The minimum atomic E-state index is -1.26. The quantitative estimate of drug-likeness (QED) is 0.354. The second-order valence-corrected chi connectivity index (χ2v) is 3.66. The van der Waals surface area contributed by atoms with Crippen LogP contribution in [-0.2, 0) is 14.3 Å². The van der Waals surface area contributed by atoms with Crippen molar-refractivity contribution in [3.05, 3.63) is 47.7 Å². The maximum absolute atomic E-state index is 11.1. The summed E-state index contributed by atoms with van der Waals surface area (Å²) in [6.07, 6.45) is 1.18.